The number of rotatable bonds is 7. The molecule has 182 valence electrons. The molecule has 1 N–H and O–H groups in total. The SMILES string of the molecule is COc1cc(C(=O)Nc2nc(-c3ccc4c(c3)C[C@H](C)N4C(=O)C3CC3)cs2)cc(OC)c1OC. The molecule has 2 amide bonds. The van der Waals surface area contributed by atoms with Crippen molar-refractivity contribution in [1.82, 2.24) is 4.98 Å². The van der Waals surface area contributed by atoms with E-state index in [0.717, 1.165) is 41.8 Å². The summed E-state index contributed by atoms with van der Waals surface area (Å²) < 4.78 is 16.0. The summed E-state index contributed by atoms with van der Waals surface area (Å²) in [7, 11) is 4.52. The van der Waals surface area contributed by atoms with E-state index < -0.39 is 0 Å². The van der Waals surface area contributed by atoms with Gasteiger partial charge < -0.3 is 19.1 Å². The minimum absolute atomic E-state index is 0.164. The van der Waals surface area contributed by atoms with E-state index in [2.05, 4.69) is 23.3 Å². The monoisotopic (exact) mass is 493 g/mol. The quantitative estimate of drug-likeness (QED) is 0.510. The molecule has 0 spiro atoms. The second-order valence-electron chi connectivity index (χ2n) is 8.79. The van der Waals surface area contributed by atoms with E-state index in [1.807, 2.05) is 22.4 Å². The zero-order valence-corrected chi connectivity index (χ0v) is 20.9. The van der Waals surface area contributed by atoms with Crippen LogP contribution in [0.15, 0.2) is 35.7 Å². The van der Waals surface area contributed by atoms with Crippen LogP contribution in [-0.4, -0.2) is 44.2 Å². The smallest absolute Gasteiger partial charge is 0.257 e. The Morgan fingerprint density at radius 2 is 1.77 bits per heavy atom. The van der Waals surface area contributed by atoms with Crippen LogP contribution in [-0.2, 0) is 11.2 Å². The number of hydrogen-bond acceptors (Lipinski definition) is 7. The third-order valence-electron chi connectivity index (χ3n) is 6.41. The maximum atomic E-state index is 12.9. The lowest BCUT2D eigenvalue weighted by Crippen LogP contribution is -2.36. The fourth-order valence-corrected chi connectivity index (χ4v) is 5.21. The van der Waals surface area contributed by atoms with E-state index in [-0.39, 0.29) is 23.8 Å². The van der Waals surface area contributed by atoms with E-state index >= 15 is 0 Å². The Kier molecular flexibility index (Phi) is 6.10. The second-order valence-corrected chi connectivity index (χ2v) is 9.64. The Labute approximate surface area is 207 Å². The number of nitrogens with zero attached hydrogens (tertiary/aromatic N) is 2. The summed E-state index contributed by atoms with van der Waals surface area (Å²) in [5, 5.41) is 5.25. The van der Waals surface area contributed by atoms with Gasteiger partial charge in [-0.1, -0.05) is 6.07 Å². The number of ether oxygens (including phenoxy) is 3. The van der Waals surface area contributed by atoms with Crippen molar-refractivity contribution in [1.29, 1.82) is 0 Å². The van der Waals surface area contributed by atoms with Gasteiger partial charge in [-0.25, -0.2) is 4.98 Å². The van der Waals surface area contributed by atoms with Crippen LogP contribution in [0.1, 0.15) is 35.7 Å². The third-order valence-corrected chi connectivity index (χ3v) is 7.16. The number of carbonyl (C=O) groups excluding carboxylic acids is 2. The molecule has 1 aliphatic carbocycles. The lowest BCUT2D eigenvalue weighted by atomic mass is 10.1. The van der Waals surface area contributed by atoms with Crippen molar-refractivity contribution < 1.29 is 23.8 Å². The van der Waals surface area contributed by atoms with Gasteiger partial charge in [0.1, 0.15) is 0 Å². The van der Waals surface area contributed by atoms with Crippen LogP contribution in [0.5, 0.6) is 17.2 Å². The van der Waals surface area contributed by atoms with Gasteiger partial charge in [0, 0.05) is 34.2 Å². The molecule has 1 fully saturated rings. The van der Waals surface area contributed by atoms with Crippen molar-refractivity contribution in [3.63, 3.8) is 0 Å². The number of anilines is 2. The van der Waals surface area contributed by atoms with Gasteiger partial charge in [0.05, 0.1) is 27.0 Å². The van der Waals surface area contributed by atoms with E-state index in [9.17, 15) is 9.59 Å². The first-order valence-electron chi connectivity index (χ1n) is 11.5. The number of carbonyl (C=O) groups is 2. The van der Waals surface area contributed by atoms with Gasteiger partial charge in [-0.2, -0.15) is 0 Å². The first-order chi connectivity index (χ1) is 16.9. The summed E-state index contributed by atoms with van der Waals surface area (Å²) in [6.45, 7) is 2.10. The highest BCUT2D eigenvalue weighted by molar-refractivity contribution is 7.14. The molecule has 2 heterocycles. The highest BCUT2D eigenvalue weighted by atomic mass is 32.1. The highest BCUT2D eigenvalue weighted by Crippen LogP contribution is 2.41. The number of thiazole rings is 1. The van der Waals surface area contributed by atoms with Crippen molar-refractivity contribution >= 4 is 34.0 Å². The topological polar surface area (TPSA) is 90.0 Å². The summed E-state index contributed by atoms with van der Waals surface area (Å²) in [6.07, 6.45) is 2.83. The maximum Gasteiger partial charge on any atom is 0.257 e. The molecule has 0 radical (unpaired) electrons. The molecule has 8 nitrogen and oxygen atoms in total. The van der Waals surface area contributed by atoms with Crippen molar-refractivity contribution in [2.24, 2.45) is 5.92 Å². The normalized spacial score (nSPS) is 16.6. The molecule has 1 aliphatic heterocycles. The van der Waals surface area contributed by atoms with Crippen molar-refractivity contribution in [2.45, 2.75) is 32.2 Å². The number of benzene rings is 2. The van der Waals surface area contributed by atoms with Crippen molar-refractivity contribution in [2.75, 3.05) is 31.5 Å². The van der Waals surface area contributed by atoms with Gasteiger partial charge in [0.15, 0.2) is 16.6 Å². The summed E-state index contributed by atoms with van der Waals surface area (Å²) in [5.74, 6) is 1.33. The van der Waals surface area contributed by atoms with Crippen LogP contribution in [0, 0.1) is 5.92 Å². The Morgan fingerprint density at radius 3 is 2.40 bits per heavy atom. The molecule has 1 saturated carbocycles. The van der Waals surface area contributed by atoms with Crippen molar-refractivity contribution in [3.8, 4) is 28.5 Å². The summed E-state index contributed by atoms with van der Waals surface area (Å²) >= 11 is 1.35. The largest absolute Gasteiger partial charge is 0.493 e. The molecule has 1 atom stereocenters. The number of nitrogens with one attached hydrogen (secondary N) is 1. The summed E-state index contributed by atoms with van der Waals surface area (Å²) in [5.41, 5.74) is 4.26. The number of hydrogen-bond donors (Lipinski definition) is 1. The van der Waals surface area contributed by atoms with Gasteiger partial charge in [-0.05, 0) is 56.0 Å². The number of aromatic nitrogens is 1. The van der Waals surface area contributed by atoms with Crippen LogP contribution in [0.3, 0.4) is 0 Å². The van der Waals surface area contributed by atoms with Gasteiger partial charge in [0.2, 0.25) is 11.7 Å². The van der Waals surface area contributed by atoms with Crippen LogP contribution in [0.4, 0.5) is 10.8 Å². The minimum Gasteiger partial charge on any atom is -0.493 e. The predicted octanol–water partition coefficient (Wildman–Crippen LogP) is 4.78. The molecular weight excluding hydrogens is 466 g/mol. The highest BCUT2D eigenvalue weighted by Gasteiger charge is 2.39. The zero-order valence-electron chi connectivity index (χ0n) is 20.1. The second kappa shape index (κ2) is 9.22. The Bertz CT molecular complexity index is 1270. The average Bonchev–Trinajstić information content (AvgIpc) is 3.53. The molecule has 35 heavy (non-hydrogen) atoms. The Hall–Kier alpha value is -3.59. The Balaban J connectivity index is 1.34. The number of fused-ring (bicyclic) bond motifs is 1. The standard InChI is InChI=1S/C26H27N3O5S/c1-14-9-17-10-16(7-8-20(17)29(14)25(31)15-5-6-15)19-13-35-26(27-19)28-24(30)18-11-21(32-2)23(34-4)22(12-18)33-3/h7-8,10-15H,5-6,9H2,1-4H3,(H,27,28,30)/t14-/m0/s1. The third kappa shape index (κ3) is 4.32. The van der Waals surface area contributed by atoms with Crippen LogP contribution in [0.2, 0.25) is 0 Å². The maximum absolute atomic E-state index is 12.9. The fourth-order valence-electron chi connectivity index (χ4n) is 4.50. The lowest BCUT2D eigenvalue weighted by molar-refractivity contribution is -0.120. The fraction of sp³-hybridized carbons (Fsp3) is 0.346. The number of amides is 2. The van der Waals surface area contributed by atoms with Gasteiger partial charge >= 0.3 is 0 Å². The van der Waals surface area contributed by atoms with Gasteiger partial charge in [0.25, 0.3) is 5.91 Å². The lowest BCUT2D eigenvalue weighted by Gasteiger charge is -2.22. The molecule has 5 rings (SSSR count). The molecule has 2 aliphatic rings. The van der Waals surface area contributed by atoms with E-state index in [4.69, 9.17) is 14.2 Å². The Morgan fingerprint density at radius 1 is 1.06 bits per heavy atom. The first kappa shape index (κ1) is 23.2. The van der Waals surface area contributed by atoms with Gasteiger partial charge in [-0.15, -0.1) is 11.3 Å². The van der Waals surface area contributed by atoms with E-state index in [1.165, 1.54) is 32.7 Å². The van der Waals surface area contributed by atoms with E-state index in [1.54, 1.807) is 12.1 Å². The minimum atomic E-state index is -0.331. The molecule has 9 heteroatoms. The number of methoxy groups -OCH3 is 3. The van der Waals surface area contributed by atoms with Crippen LogP contribution in [0.25, 0.3) is 11.3 Å². The molecule has 3 aromatic rings. The summed E-state index contributed by atoms with van der Waals surface area (Å²) in [6, 6.07) is 9.47. The zero-order chi connectivity index (χ0) is 24.7. The van der Waals surface area contributed by atoms with Crippen molar-refractivity contribution in [3.05, 3.63) is 46.8 Å². The van der Waals surface area contributed by atoms with Crippen LogP contribution < -0.4 is 24.4 Å². The summed E-state index contributed by atoms with van der Waals surface area (Å²) in [4.78, 5) is 32.2. The van der Waals surface area contributed by atoms with Crippen LogP contribution >= 0.6 is 11.3 Å². The molecule has 2 aromatic carbocycles. The molecular formula is C26H27N3O5S. The molecule has 0 bridgehead atoms. The first-order valence-corrected chi connectivity index (χ1v) is 12.3. The molecule has 1 aromatic heterocycles. The molecule has 0 saturated heterocycles. The average molecular weight is 494 g/mol. The molecule has 0 unspecified atom stereocenters. The van der Waals surface area contributed by atoms with Gasteiger partial charge in [-0.3, -0.25) is 14.9 Å². The van der Waals surface area contributed by atoms with E-state index in [0.29, 0.717) is 27.9 Å². The predicted molar refractivity (Wildman–Crippen MR) is 135 cm³/mol.